The molecule has 0 radical (unpaired) electrons. The van der Waals surface area contributed by atoms with Crippen molar-refractivity contribution >= 4 is 18.5 Å². The monoisotopic (exact) mass is 492 g/mol. The van der Waals surface area contributed by atoms with Crippen LogP contribution in [0.4, 0.5) is 0 Å². The Morgan fingerprint density at radius 3 is 1.90 bits per heavy atom. The Kier molecular flexibility index (Phi) is 8.23. The van der Waals surface area contributed by atoms with E-state index in [1.165, 1.54) is 39.1 Å². The SMILES string of the molecule is Cc1cc(C)c(-[n+]2ccn(CCCP(c3ccccc3)c3ccccc3)c2)c(C)c1.[Br-]. The molecule has 0 saturated heterocycles. The van der Waals surface area contributed by atoms with Gasteiger partial charge in [0.15, 0.2) is 0 Å². The minimum Gasteiger partial charge on any atom is -1.00 e. The molecule has 1 aromatic heterocycles. The van der Waals surface area contributed by atoms with Crippen LogP contribution in [-0.4, -0.2) is 10.7 Å². The van der Waals surface area contributed by atoms with E-state index in [1.54, 1.807) is 0 Å². The van der Waals surface area contributed by atoms with E-state index in [0.29, 0.717) is 0 Å². The van der Waals surface area contributed by atoms with Gasteiger partial charge in [-0.05, 0) is 63.0 Å². The highest BCUT2D eigenvalue weighted by Gasteiger charge is 2.15. The first-order valence-corrected chi connectivity index (χ1v) is 12.2. The zero-order valence-electron chi connectivity index (χ0n) is 18.5. The average molecular weight is 493 g/mol. The second kappa shape index (κ2) is 10.9. The second-order valence-electron chi connectivity index (χ2n) is 7.98. The normalized spacial score (nSPS) is 10.8. The number of aryl methyl sites for hydroxylation is 4. The van der Waals surface area contributed by atoms with E-state index in [4.69, 9.17) is 0 Å². The molecule has 2 nitrogen and oxygen atoms in total. The van der Waals surface area contributed by atoms with Gasteiger partial charge in [-0.1, -0.05) is 78.4 Å². The van der Waals surface area contributed by atoms with Gasteiger partial charge in [-0.25, -0.2) is 9.13 Å². The first kappa shape index (κ1) is 23.4. The molecule has 1 heterocycles. The van der Waals surface area contributed by atoms with Crippen LogP contribution in [0.1, 0.15) is 23.1 Å². The van der Waals surface area contributed by atoms with Gasteiger partial charge in [-0.3, -0.25) is 0 Å². The highest BCUT2D eigenvalue weighted by atomic mass is 79.9. The first-order chi connectivity index (χ1) is 14.6. The molecule has 31 heavy (non-hydrogen) atoms. The summed E-state index contributed by atoms with van der Waals surface area (Å²) in [7, 11) is -0.318. The fourth-order valence-electron chi connectivity index (χ4n) is 4.27. The van der Waals surface area contributed by atoms with E-state index in [-0.39, 0.29) is 24.9 Å². The van der Waals surface area contributed by atoms with E-state index in [9.17, 15) is 0 Å². The third-order valence-corrected chi connectivity index (χ3v) is 8.13. The molecule has 0 aliphatic carbocycles. The van der Waals surface area contributed by atoms with E-state index in [0.717, 1.165) is 13.0 Å². The molecule has 0 amide bonds. The van der Waals surface area contributed by atoms with Crippen molar-refractivity contribution in [3.63, 3.8) is 0 Å². The molecule has 4 heteroatoms. The lowest BCUT2D eigenvalue weighted by Crippen LogP contribution is -3.00. The lowest BCUT2D eigenvalue weighted by Gasteiger charge is -2.18. The van der Waals surface area contributed by atoms with Crippen LogP contribution in [0.2, 0.25) is 0 Å². The fourth-order valence-corrected chi connectivity index (χ4v) is 6.61. The predicted octanol–water partition coefficient (Wildman–Crippen LogP) is 2.22. The van der Waals surface area contributed by atoms with Crippen LogP contribution < -0.4 is 32.2 Å². The zero-order valence-corrected chi connectivity index (χ0v) is 21.0. The van der Waals surface area contributed by atoms with Crippen molar-refractivity contribution in [2.75, 3.05) is 6.16 Å². The zero-order chi connectivity index (χ0) is 20.9. The summed E-state index contributed by atoms with van der Waals surface area (Å²) in [6.07, 6.45) is 8.98. The summed E-state index contributed by atoms with van der Waals surface area (Å²) in [5.41, 5.74) is 5.28. The fraction of sp³-hybridized carbons (Fsp3) is 0.222. The summed E-state index contributed by atoms with van der Waals surface area (Å²) >= 11 is 0. The Balaban J connectivity index is 0.00000272. The third kappa shape index (κ3) is 5.73. The molecule has 0 aliphatic rings. The number of aromatic nitrogens is 2. The van der Waals surface area contributed by atoms with Crippen molar-refractivity contribution in [1.82, 2.24) is 4.57 Å². The van der Waals surface area contributed by atoms with Crippen LogP contribution in [0.5, 0.6) is 0 Å². The molecule has 0 fully saturated rings. The molecular weight excluding hydrogens is 463 g/mol. The molecule has 0 aliphatic heterocycles. The van der Waals surface area contributed by atoms with Gasteiger partial charge in [0.2, 0.25) is 6.33 Å². The number of hydrogen-bond acceptors (Lipinski definition) is 0. The van der Waals surface area contributed by atoms with Crippen LogP contribution in [0, 0.1) is 20.8 Å². The first-order valence-electron chi connectivity index (χ1n) is 10.6. The third-order valence-electron chi connectivity index (χ3n) is 5.52. The number of benzene rings is 3. The number of nitrogens with zero attached hydrogens (tertiary/aromatic N) is 2. The molecule has 3 aromatic carbocycles. The molecule has 0 saturated carbocycles. The van der Waals surface area contributed by atoms with Crippen molar-refractivity contribution in [2.45, 2.75) is 33.7 Å². The standard InChI is InChI=1S/C27H30N2P.BrH/c1-22-19-23(2)27(24(3)20-22)29-17-16-28(21-29)15-10-18-30(25-11-6-4-7-12-25)26-13-8-5-9-14-26;/h4-9,11-14,16-17,19-21H,10,15,18H2,1-3H3;1H/q+1;/p-1. The molecule has 0 spiro atoms. The van der Waals surface area contributed by atoms with Crippen LogP contribution in [0.25, 0.3) is 5.69 Å². The van der Waals surface area contributed by atoms with Crippen molar-refractivity contribution in [3.8, 4) is 5.69 Å². The maximum absolute atomic E-state index is 2.32. The summed E-state index contributed by atoms with van der Waals surface area (Å²) < 4.78 is 4.59. The van der Waals surface area contributed by atoms with Crippen LogP contribution >= 0.6 is 7.92 Å². The lowest BCUT2D eigenvalue weighted by atomic mass is 10.1. The van der Waals surface area contributed by atoms with Gasteiger partial charge in [0.05, 0.1) is 6.54 Å². The summed E-state index contributed by atoms with van der Waals surface area (Å²) in [5, 5.41) is 2.93. The molecule has 0 unspecified atom stereocenters. The second-order valence-corrected chi connectivity index (χ2v) is 10.3. The highest BCUT2D eigenvalue weighted by Crippen LogP contribution is 2.34. The Hall–Kier alpha value is -2.22. The van der Waals surface area contributed by atoms with Gasteiger partial charge in [-0.2, -0.15) is 0 Å². The molecule has 4 aromatic rings. The van der Waals surface area contributed by atoms with Crippen LogP contribution in [0.3, 0.4) is 0 Å². The maximum atomic E-state index is 2.32. The van der Waals surface area contributed by atoms with Gasteiger partial charge < -0.3 is 17.0 Å². The largest absolute Gasteiger partial charge is 1.00 e. The van der Waals surface area contributed by atoms with Gasteiger partial charge in [0.1, 0.15) is 18.1 Å². The Labute approximate surface area is 198 Å². The topological polar surface area (TPSA) is 8.81 Å². The Bertz CT molecular complexity index is 1040. The van der Waals surface area contributed by atoms with Crippen molar-refractivity contribution < 1.29 is 21.5 Å². The predicted molar refractivity (Wildman–Crippen MR) is 129 cm³/mol. The molecule has 160 valence electrons. The van der Waals surface area contributed by atoms with Gasteiger partial charge in [0, 0.05) is 0 Å². The number of rotatable bonds is 7. The van der Waals surface area contributed by atoms with E-state index >= 15 is 0 Å². The maximum Gasteiger partial charge on any atom is 0.248 e. The molecule has 4 rings (SSSR count). The average Bonchev–Trinajstić information content (AvgIpc) is 3.20. The van der Waals surface area contributed by atoms with E-state index in [2.05, 4.69) is 121 Å². The quantitative estimate of drug-likeness (QED) is 0.276. The highest BCUT2D eigenvalue weighted by molar-refractivity contribution is 7.73. The lowest BCUT2D eigenvalue weighted by molar-refractivity contribution is -0.596. The van der Waals surface area contributed by atoms with Crippen LogP contribution in [0.15, 0.2) is 91.5 Å². The molecular formula is C27H30BrN2P. The van der Waals surface area contributed by atoms with Crippen molar-refractivity contribution in [3.05, 3.63) is 108 Å². The smallest absolute Gasteiger partial charge is 0.248 e. The van der Waals surface area contributed by atoms with Crippen LogP contribution in [-0.2, 0) is 6.54 Å². The van der Waals surface area contributed by atoms with Gasteiger partial charge in [0.25, 0.3) is 0 Å². The summed E-state index contributed by atoms with van der Waals surface area (Å²) in [5.74, 6) is 0. The number of halogens is 1. The van der Waals surface area contributed by atoms with Crippen molar-refractivity contribution in [2.24, 2.45) is 0 Å². The molecule has 0 bridgehead atoms. The van der Waals surface area contributed by atoms with Gasteiger partial charge >= 0.3 is 0 Å². The molecule has 0 atom stereocenters. The molecule has 0 N–H and O–H groups in total. The number of hydrogen-bond donors (Lipinski definition) is 0. The summed E-state index contributed by atoms with van der Waals surface area (Å²) in [4.78, 5) is 0. The Morgan fingerprint density at radius 1 is 0.806 bits per heavy atom. The van der Waals surface area contributed by atoms with Gasteiger partial charge in [-0.15, -0.1) is 0 Å². The minimum absolute atomic E-state index is 0. The Morgan fingerprint density at radius 2 is 1.35 bits per heavy atom. The van der Waals surface area contributed by atoms with Crippen molar-refractivity contribution in [1.29, 1.82) is 0 Å². The minimum atomic E-state index is -0.318. The number of imidazole rings is 1. The summed E-state index contributed by atoms with van der Waals surface area (Å²) in [6, 6.07) is 26.5. The van der Waals surface area contributed by atoms with E-state index in [1.807, 2.05) is 0 Å². The van der Waals surface area contributed by atoms with E-state index < -0.39 is 0 Å². The summed E-state index contributed by atoms with van der Waals surface area (Å²) in [6.45, 7) is 7.60.